The highest BCUT2D eigenvalue weighted by molar-refractivity contribution is 7.21. The number of amides is 2. The summed E-state index contributed by atoms with van der Waals surface area (Å²) in [5.41, 5.74) is 8.25. The van der Waals surface area contributed by atoms with Gasteiger partial charge in [-0.1, -0.05) is 0 Å². The molecule has 3 N–H and O–H groups in total. The zero-order chi connectivity index (χ0) is 15.7. The lowest BCUT2D eigenvalue weighted by Crippen LogP contribution is -2.36. The first-order valence-corrected chi connectivity index (χ1v) is 7.29. The molecule has 0 aliphatic carbocycles. The average Bonchev–Trinajstić information content (AvgIpc) is 2.74. The molecule has 7 heteroatoms. The minimum absolute atomic E-state index is 0.000716. The molecule has 0 saturated carbocycles. The molecule has 2 aromatic heterocycles. The summed E-state index contributed by atoms with van der Waals surface area (Å²) in [6, 6.07) is 1.92. The number of rotatable bonds is 3. The summed E-state index contributed by atoms with van der Waals surface area (Å²) in [7, 11) is 3.12. The Hall–Kier alpha value is -2.15. The van der Waals surface area contributed by atoms with Gasteiger partial charge in [0.1, 0.15) is 4.88 Å². The number of pyridine rings is 1. The van der Waals surface area contributed by atoms with E-state index in [1.807, 2.05) is 19.9 Å². The van der Waals surface area contributed by atoms with Crippen molar-refractivity contribution in [2.75, 3.05) is 26.4 Å². The van der Waals surface area contributed by atoms with E-state index in [9.17, 15) is 9.59 Å². The molecular formula is C14H18N4O2S. The molecule has 112 valence electrons. The molecule has 0 spiro atoms. The van der Waals surface area contributed by atoms with Crippen LogP contribution >= 0.6 is 11.3 Å². The number of thiophene rings is 1. The van der Waals surface area contributed by atoms with Gasteiger partial charge in [0.05, 0.1) is 12.2 Å². The van der Waals surface area contributed by atoms with Gasteiger partial charge in [-0.3, -0.25) is 14.6 Å². The van der Waals surface area contributed by atoms with Crippen molar-refractivity contribution >= 4 is 38.9 Å². The highest BCUT2D eigenvalue weighted by Crippen LogP contribution is 2.36. The minimum Gasteiger partial charge on any atom is -0.397 e. The van der Waals surface area contributed by atoms with E-state index in [1.165, 1.54) is 23.3 Å². The molecule has 2 heterocycles. The Kier molecular flexibility index (Phi) is 4.13. The summed E-state index contributed by atoms with van der Waals surface area (Å²) >= 11 is 1.34. The number of anilines is 1. The first kappa shape index (κ1) is 15.2. The van der Waals surface area contributed by atoms with Crippen LogP contribution in [0.15, 0.2) is 6.07 Å². The number of nitrogens with one attached hydrogen (secondary N) is 1. The van der Waals surface area contributed by atoms with Gasteiger partial charge in [-0.05, 0) is 19.9 Å². The second kappa shape index (κ2) is 5.69. The standard InChI is InChI=1S/C14H18N4O2S/c1-7-5-9-11(8(2)17-7)12(15)13(21-9)14(20)18(4)6-10(19)16-3/h5H,6,15H2,1-4H3,(H,16,19). The number of aromatic nitrogens is 1. The highest BCUT2D eigenvalue weighted by Gasteiger charge is 2.22. The molecule has 2 amide bonds. The molecule has 0 fully saturated rings. The van der Waals surface area contributed by atoms with Crippen LogP contribution in [0.4, 0.5) is 5.69 Å². The maximum absolute atomic E-state index is 12.4. The number of nitrogen functional groups attached to an aromatic ring is 1. The van der Waals surface area contributed by atoms with Gasteiger partial charge in [0.15, 0.2) is 0 Å². The van der Waals surface area contributed by atoms with Gasteiger partial charge in [-0.2, -0.15) is 0 Å². The van der Waals surface area contributed by atoms with Crippen LogP contribution in [0.3, 0.4) is 0 Å². The summed E-state index contributed by atoms with van der Waals surface area (Å²) in [5.74, 6) is -0.478. The van der Waals surface area contributed by atoms with Crippen molar-refractivity contribution in [1.82, 2.24) is 15.2 Å². The van der Waals surface area contributed by atoms with Crippen molar-refractivity contribution in [3.63, 3.8) is 0 Å². The molecule has 0 atom stereocenters. The molecule has 0 aromatic carbocycles. The van der Waals surface area contributed by atoms with Gasteiger partial charge in [0, 0.05) is 35.6 Å². The van der Waals surface area contributed by atoms with Gasteiger partial charge in [-0.15, -0.1) is 11.3 Å². The van der Waals surface area contributed by atoms with Crippen LogP contribution in [0, 0.1) is 13.8 Å². The fourth-order valence-electron chi connectivity index (χ4n) is 2.18. The van der Waals surface area contributed by atoms with Crippen LogP contribution in [0.1, 0.15) is 21.1 Å². The van der Waals surface area contributed by atoms with Crippen molar-refractivity contribution in [3.8, 4) is 0 Å². The fraction of sp³-hybridized carbons (Fsp3) is 0.357. The van der Waals surface area contributed by atoms with E-state index in [2.05, 4.69) is 10.3 Å². The number of likely N-dealkylation sites (N-methyl/N-ethyl adjacent to an activating group) is 2. The lowest BCUT2D eigenvalue weighted by Gasteiger charge is -2.15. The number of fused-ring (bicyclic) bond motifs is 1. The van der Waals surface area contributed by atoms with Crippen LogP contribution in [-0.2, 0) is 4.79 Å². The van der Waals surface area contributed by atoms with Crippen LogP contribution in [0.25, 0.3) is 10.1 Å². The summed E-state index contributed by atoms with van der Waals surface area (Å²) < 4.78 is 0.939. The Balaban J connectivity index is 2.43. The lowest BCUT2D eigenvalue weighted by molar-refractivity contribution is -0.121. The Bertz CT molecular complexity index is 723. The molecule has 0 saturated heterocycles. The van der Waals surface area contributed by atoms with Crippen molar-refractivity contribution < 1.29 is 9.59 Å². The van der Waals surface area contributed by atoms with Gasteiger partial charge in [0.25, 0.3) is 5.91 Å². The summed E-state index contributed by atoms with van der Waals surface area (Å²) in [5, 5.41) is 3.31. The zero-order valence-electron chi connectivity index (χ0n) is 12.5. The number of nitrogens with two attached hydrogens (primary N) is 1. The van der Waals surface area contributed by atoms with Crippen LogP contribution in [0.2, 0.25) is 0 Å². The third-order valence-electron chi connectivity index (χ3n) is 3.22. The van der Waals surface area contributed by atoms with Gasteiger partial charge in [0.2, 0.25) is 5.91 Å². The monoisotopic (exact) mass is 306 g/mol. The minimum atomic E-state index is -0.255. The Morgan fingerprint density at radius 2 is 2.10 bits per heavy atom. The molecule has 0 bridgehead atoms. The predicted molar refractivity (Wildman–Crippen MR) is 84.5 cm³/mol. The van der Waals surface area contributed by atoms with E-state index in [-0.39, 0.29) is 18.4 Å². The smallest absolute Gasteiger partial charge is 0.266 e. The van der Waals surface area contributed by atoms with Crippen molar-refractivity contribution in [3.05, 3.63) is 22.3 Å². The number of carbonyl (C=O) groups is 2. The van der Waals surface area contributed by atoms with Gasteiger partial charge < -0.3 is 16.0 Å². The topological polar surface area (TPSA) is 88.3 Å². The summed E-state index contributed by atoms with van der Waals surface area (Å²) in [4.78, 5) is 30.0. The first-order valence-electron chi connectivity index (χ1n) is 6.47. The average molecular weight is 306 g/mol. The van der Waals surface area contributed by atoms with Crippen molar-refractivity contribution in [2.45, 2.75) is 13.8 Å². The van der Waals surface area contributed by atoms with Crippen molar-refractivity contribution in [2.24, 2.45) is 0 Å². The third kappa shape index (κ3) is 2.82. The predicted octanol–water partition coefficient (Wildman–Crippen LogP) is 1.31. The van der Waals surface area contributed by atoms with Crippen LogP contribution in [0.5, 0.6) is 0 Å². The molecule has 6 nitrogen and oxygen atoms in total. The largest absolute Gasteiger partial charge is 0.397 e. The Morgan fingerprint density at radius 3 is 2.71 bits per heavy atom. The molecule has 0 aliphatic heterocycles. The summed E-state index contributed by atoms with van der Waals surface area (Å²) in [6.45, 7) is 3.78. The molecule has 21 heavy (non-hydrogen) atoms. The lowest BCUT2D eigenvalue weighted by atomic mass is 10.2. The number of aryl methyl sites for hydroxylation is 2. The van der Waals surface area contributed by atoms with E-state index < -0.39 is 0 Å². The number of nitrogens with zero attached hydrogens (tertiary/aromatic N) is 2. The first-order chi connectivity index (χ1) is 9.85. The second-order valence-corrected chi connectivity index (χ2v) is 5.95. The molecule has 0 unspecified atom stereocenters. The van der Waals surface area contributed by atoms with Crippen LogP contribution < -0.4 is 11.1 Å². The van der Waals surface area contributed by atoms with Crippen molar-refractivity contribution in [1.29, 1.82) is 0 Å². The second-order valence-electron chi connectivity index (χ2n) is 4.90. The SMILES string of the molecule is CNC(=O)CN(C)C(=O)c1sc2cc(C)nc(C)c2c1N. The summed E-state index contributed by atoms with van der Waals surface area (Å²) in [6.07, 6.45) is 0. The Labute approximate surface area is 127 Å². The zero-order valence-corrected chi connectivity index (χ0v) is 13.3. The quantitative estimate of drug-likeness (QED) is 0.895. The van der Waals surface area contributed by atoms with E-state index in [4.69, 9.17) is 5.73 Å². The molecular weight excluding hydrogens is 288 g/mol. The maximum atomic E-state index is 12.4. The van der Waals surface area contributed by atoms with Gasteiger partial charge >= 0.3 is 0 Å². The van der Waals surface area contributed by atoms with E-state index >= 15 is 0 Å². The Morgan fingerprint density at radius 1 is 1.43 bits per heavy atom. The number of hydrogen-bond acceptors (Lipinski definition) is 5. The molecule has 0 radical (unpaired) electrons. The maximum Gasteiger partial charge on any atom is 0.266 e. The molecule has 2 aromatic rings. The third-order valence-corrected chi connectivity index (χ3v) is 4.36. The van der Waals surface area contributed by atoms with Crippen LogP contribution in [-0.4, -0.2) is 42.3 Å². The van der Waals surface area contributed by atoms with E-state index in [0.29, 0.717) is 10.6 Å². The highest BCUT2D eigenvalue weighted by atomic mass is 32.1. The molecule has 2 rings (SSSR count). The molecule has 0 aliphatic rings. The fourth-order valence-corrected chi connectivity index (χ4v) is 3.44. The van der Waals surface area contributed by atoms with Gasteiger partial charge in [-0.25, -0.2) is 0 Å². The number of carbonyl (C=O) groups excluding carboxylic acids is 2. The van der Waals surface area contributed by atoms with E-state index in [0.717, 1.165) is 21.5 Å². The number of hydrogen-bond donors (Lipinski definition) is 2. The van der Waals surface area contributed by atoms with E-state index in [1.54, 1.807) is 7.05 Å². The normalized spacial score (nSPS) is 10.7.